The summed E-state index contributed by atoms with van der Waals surface area (Å²) in [6.45, 7) is 2.22. The lowest BCUT2D eigenvalue weighted by Gasteiger charge is -2.05. The Labute approximate surface area is 162 Å². The van der Waals surface area contributed by atoms with Crippen LogP contribution < -0.4 is 20.1 Å². The van der Waals surface area contributed by atoms with Crippen molar-refractivity contribution >= 4 is 49.7 Å². The second-order valence-corrected chi connectivity index (χ2v) is 7.36. The standard InChI is InChI=1S/C18H14BrN3O3S/c1-10-2-3-11(6-13(10)19)20-17(23)14-8-26-18(22-14)21-12-4-5-15-16(7-12)25-9-24-15/h2-8H,9H2,1H3,(H,20,23)(H,21,22). The van der Waals surface area contributed by atoms with Crippen LogP contribution in [0.25, 0.3) is 0 Å². The van der Waals surface area contributed by atoms with E-state index in [0.717, 1.165) is 21.5 Å². The summed E-state index contributed by atoms with van der Waals surface area (Å²) in [5.41, 5.74) is 2.99. The molecular weight excluding hydrogens is 418 g/mol. The number of carbonyl (C=O) groups excluding carboxylic acids is 1. The van der Waals surface area contributed by atoms with Crippen LogP contribution in [0.4, 0.5) is 16.5 Å². The van der Waals surface area contributed by atoms with Gasteiger partial charge in [0.05, 0.1) is 0 Å². The van der Waals surface area contributed by atoms with E-state index in [-0.39, 0.29) is 12.7 Å². The first-order valence-corrected chi connectivity index (χ1v) is 9.45. The topological polar surface area (TPSA) is 72.5 Å². The fourth-order valence-electron chi connectivity index (χ4n) is 2.40. The summed E-state index contributed by atoms with van der Waals surface area (Å²) in [4.78, 5) is 16.7. The molecule has 3 aromatic rings. The molecule has 132 valence electrons. The molecule has 6 nitrogen and oxygen atoms in total. The van der Waals surface area contributed by atoms with Gasteiger partial charge in [0.1, 0.15) is 5.69 Å². The van der Waals surface area contributed by atoms with Crippen molar-refractivity contribution in [3.05, 3.63) is 57.5 Å². The summed E-state index contributed by atoms with van der Waals surface area (Å²) in [5.74, 6) is 1.16. The molecule has 0 unspecified atom stereocenters. The number of hydrogen-bond acceptors (Lipinski definition) is 6. The molecule has 1 amide bonds. The highest BCUT2D eigenvalue weighted by atomic mass is 79.9. The highest BCUT2D eigenvalue weighted by molar-refractivity contribution is 9.10. The molecule has 0 radical (unpaired) electrons. The highest BCUT2D eigenvalue weighted by Crippen LogP contribution is 2.35. The van der Waals surface area contributed by atoms with E-state index in [9.17, 15) is 4.79 Å². The highest BCUT2D eigenvalue weighted by Gasteiger charge is 2.15. The number of nitrogens with one attached hydrogen (secondary N) is 2. The van der Waals surface area contributed by atoms with E-state index in [4.69, 9.17) is 9.47 Å². The molecule has 26 heavy (non-hydrogen) atoms. The number of carbonyl (C=O) groups is 1. The monoisotopic (exact) mass is 431 g/mol. The molecular formula is C18H14BrN3O3S. The van der Waals surface area contributed by atoms with Crippen LogP contribution in [0.15, 0.2) is 46.3 Å². The van der Waals surface area contributed by atoms with E-state index in [1.807, 2.05) is 43.3 Å². The van der Waals surface area contributed by atoms with Gasteiger partial charge >= 0.3 is 0 Å². The van der Waals surface area contributed by atoms with Gasteiger partial charge < -0.3 is 20.1 Å². The third kappa shape index (κ3) is 3.51. The minimum absolute atomic E-state index is 0.232. The van der Waals surface area contributed by atoms with Crippen molar-refractivity contribution in [3.8, 4) is 11.5 Å². The summed E-state index contributed by atoms with van der Waals surface area (Å²) in [7, 11) is 0. The first kappa shape index (κ1) is 16.9. The van der Waals surface area contributed by atoms with Gasteiger partial charge in [0.25, 0.3) is 5.91 Å². The second-order valence-electron chi connectivity index (χ2n) is 5.65. The van der Waals surface area contributed by atoms with Crippen LogP contribution >= 0.6 is 27.3 Å². The maximum absolute atomic E-state index is 12.4. The van der Waals surface area contributed by atoms with E-state index >= 15 is 0 Å². The number of hydrogen-bond donors (Lipinski definition) is 2. The average Bonchev–Trinajstić information content (AvgIpc) is 3.27. The van der Waals surface area contributed by atoms with Crippen LogP contribution in [0.5, 0.6) is 11.5 Å². The van der Waals surface area contributed by atoms with Crippen LogP contribution in [-0.2, 0) is 0 Å². The van der Waals surface area contributed by atoms with Crippen molar-refractivity contribution in [2.75, 3.05) is 17.4 Å². The van der Waals surface area contributed by atoms with Gasteiger partial charge in [0, 0.05) is 27.3 Å². The Morgan fingerprint density at radius 3 is 2.81 bits per heavy atom. The molecule has 0 spiro atoms. The van der Waals surface area contributed by atoms with Gasteiger partial charge in [-0.3, -0.25) is 4.79 Å². The van der Waals surface area contributed by atoms with Crippen LogP contribution in [-0.4, -0.2) is 17.7 Å². The lowest BCUT2D eigenvalue weighted by molar-refractivity contribution is 0.102. The predicted octanol–water partition coefficient (Wildman–Crippen LogP) is 4.94. The molecule has 1 aromatic heterocycles. The molecule has 1 aliphatic heterocycles. The number of amides is 1. The Morgan fingerprint density at radius 2 is 1.96 bits per heavy atom. The smallest absolute Gasteiger partial charge is 0.275 e. The maximum Gasteiger partial charge on any atom is 0.275 e. The third-order valence-corrected chi connectivity index (χ3v) is 5.40. The lowest BCUT2D eigenvalue weighted by Crippen LogP contribution is -2.12. The lowest BCUT2D eigenvalue weighted by atomic mass is 10.2. The van der Waals surface area contributed by atoms with Crippen molar-refractivity contribution in [3.63, 3.8) is 0 Å². The Kier molecular flexibility index (Phi) is 4.52. The molecule has 0 bridgehead atoms. The van der Waals surface area contributed by atoms with Crippen molar-refractivity contribution < 1.29 is 14.3 Å². The molecule has 0 fully saturated rings. The van der Waals surface area contributed by atoms with Gasteiger partial charge in [0.2, 0.25) is 6.79 Å². The van der Waals surface area contributed by atoms with Crippen LogP contribution in [0.1, 0.15) is 16.1 Å². The quantitative estimate of drug-likeness (QED) is 0.611. The first-order valence-electron chi connectivity index (χ1n) is 7.78. The molecule has 8 heteroatoms. The zero-order valence-corrected chi connectivity index (χ0v) is 16.1. The first-order chi connectivity index (χ1) is 12.6. The largest absolute Gasteiger partial charge is 0.454 e. The number of thiazole rings is 1. The fraction of sp³-hybridized carbons (Fsp3) is 0.111. The molecule has 0 aliphatic carbocycles. The SMILES string of the molecule is Cc1ccc(NC(=O)c2csc(Nc3ccc4c(c3)OCO4)n2)cc1Br. The number of ether oxygens (including phenoxy) is 2. The van der Waals surface area contributed by atoms with Crippen LogP contribution in [0.2, 0.25) is 0 Å². The Morgan fingerprint density at radius 1 is 1.15 bits per heavy atom. The molecule has 0 saturated heterocycles. The molecule has 0 saturated carbocycles. The number of rotatable bonds is 4. The van der Waals surface area contributed by atoms with Crippen molar-refractivity contribution in [2.24, 2.45) is 0 Å². The van der Waals surface area contributed by atoms with Crippen molar-refractivity contribution in [2.45, 2.75) is 6.92 Å². The van der Waals surface area contributed by atoms with E-state index in [1.165, 1.54) is 11.3 Å². The molecule has 4 rings (SSSR count). The van der Waals surface area contributed by atoms with Gasteiger partial charge in [-0.15, -0.1) is 11.3 Å². The molecule has 2 aromatic carbocycles. The number of benzene rings is 2. The number of halogens is 1. The van der Waals surface area contributed by atoms with Gasteiger partial charge in [-0.25, -0.2) is 4.98 Å². The average molecular weight is 432 g/mol. The second kappa shape index (κ2) is 6.97. The Bertz CT molecular complexity index is 990. The minimum atomic E-state index is -0.254. The normalized spacial score (nSPS) is 12.1. The zero-order valence-electron chi connectivity index (χ0n) is 13.7. The maximum atomic E-state index is 12.4. The van der Waals surface area contributed by atoms with E-state index in [0.29, 0.717) is 22.3 Å². The van der Waals surface area contributed by atoms with E-state index in [1.54, 1.807) is 5.38 Å². The molecule has 2 N–H and O–H groups in total. The van der Waals surface area contributed by atoms with Crippen LogP contribution in [0, 0.1) is 6.92 Å². The summed E-state index contributed by atoms with van der Waals surface area (Å²) in [6.07, 6.45) is 0. The van der Waals surface area contributed by atoms with Gasteiger partial charge in [-0.05, 0) is 36.8 Å². The molecule has 2 heterocycles. The minimum Gasteiger partial charge on any atom is -0.454 e. The number of aromatic nitrogens is 1. The van der Waals surface area contributed by atoms with Crippen LogP contribution in [0.3, 0.4) is 0 Å². The zero-order chi connectivity index (χ0) is 18.1. The van der Waals surface area contributed by atoms with Crippen molar-refractivity contribution in [1.29, 1.82) is 0 Å². The van der Waals surface area contributed by atoms with Gasteiger partial charge in [0.15, 0.2) is 16.6 Å². The summed E-state index contributed by atoms with van der Waals surface area (Å²) in [5, 5.41) is 8.36. The van der Waals surface area contributed by atoms with Gasteiger partial charge in [-0.1, -0.05) is 22.0 Å². The molecule has 1 aliphatic rings. The summed E-state index contributed by atoms with van der Waals surface area (Å²) >= 11 is 4.82. The van der Waals surface area contributed by atoms with E-state index < -0.39 is 0 Å². The Balaban J connectivity index is 1.45. The summed E-state index contributed by atoms with van der Waals surface area (Å²) < 4.78 is 11.6. The number of aryl methyl sites for hydroxylation is 1. The predicted molar refractivity (Wildman–Crippen MR) is 105 cm³/mol. The number of anilines is 3. The molecule has 0 atom stereocenters. The van der Waals surface area contributed by atoms with E-state index in [2.05, 4.69) is 31.5 Å². The number of fused-ring (bicyclic) bond motifs is 1. The third-order valence-electron chi connectivity index (χ3n) is 3.79. The van der Waals surface area contributed by atoms with Gasteiger partial charge in [-0.2, -0.15) is 0 Å². The Hall–Kier alpha value is -2.58. The fourth-order valence-corrected chi connectivity index (χ4v) is 3.49. The summed E-state index contributed by atoms with van der Waals surface area (Å²) in [6, 6.07) is 11.2. The van der Waals surface area contributed by atoms with Crippen molar-refractivity contribution in [1.82, 2.24) is 4.98 Å². The number of nitrogens with zero attached hydrogens (tertiary/aromatic N) is 1.